The number of nitrogens with zero attached hydrogens (tertiary/aromatic N) is 7. The Morgan fingerprint density at radius 3 is 2.65 bits per heavy atom. The molecular weight excluding hydrogens is 523 g/mol. The molecule has 2 aromatic heterocycles. The summed E-state index contributed by atoms with van der Waals surface area (Å²) in [5.41, 5.74) is -0.587. The van der Waals surface area contributed by atoms with Crippen LogP contribution in [0.3, 0.4) is 0 Å². The van der Waals surface area contributed by atoms with Gasteiger partial charge in [-0.2, -0.15) is 18.2 Å². The van der Waals surface area contributed by atoms with Crippen LogP contribution in [0, 0.1) is 12.3 Å². The molecule has 2 N–H and O–H groups in total. The zero-order chi connectivity index (χ0) is 27.9. The Morgan fingerprint density at radius 1 is 1.12 bits per heavy atom. The number of rotatable bonds is 7. The standard InChI is InChI=1S/C27H24F3N9O/c1-2-3-4-13-31-24-32-14-11-22(34-24)35-25(40)39-19-12-15-38(16-19)21-10-9-20(33-23(21)39)17-5-7-18(8-6-17)26(36-37-26)27(28,29)30/h1,5-11,14,19H,3-4,12-13,15-16H2,(H2,31,32,34,35,40)/t19-/m0/s1. The lowest BCUT2D eigenvalue weighted by atomic mass is 10.00. The van der Waals surface area contributed by atoms with Gasteiger partial charge < -0.3 is 10.2 Å². The van der Waals surface area contributed by atoms with E-state index in [1.165, 1.54) is 12.1 Å². The van der Waals surface area contributed by atoms with Crippen LogP contribution in [0.1, 0.15) is 24.8 Å². The van der Waals surface area contributed by atoms with Crippen LogP contribution in [0.15, 0.2) is 58.9 Å². The molecule has 3 aliphatic rings. The van der Waals surface area contributed by atoms with Gasteiger partial charge in [0, 0.05) is 43.4 Å². The van der Waals surface area contributed by atoms with Gasteiger partial charge in [-0.1, -0.05) is 24.3 Å². The average Bonchev–Trinajstić information content (AvgIpc) is 3.68. The Balaban J connectivity index is 1.24. The van der Waals surface area contributed by atoms with Gasteiger partial charge in [0.2, 0.25) is 5.95 Å². The SMILES string of the molecule is C#CCCCNc1nccc(NC(=O)N2c3nc(-c4ccc(C5(C(F)(F)F)N=N5)cc4)ccc3N3CC[C@H]2C3)n1. The molecule has 3 aromatic rings. The first-order valence-electron chi connectivity index (χ1n) is 12.8. The molecule has 1 fully saturated rings. The maximum atomic E-state index is 13.6. The number of carbonyl (C=O) groups is 1. The number of aromatic nitrogens is 3. The first-order chi connectivity index (χ1) is 19.3. The van der Waals surface area contributed by atoms with Gasteiger partial charge in [-0.05, 0) is 31.0 Å². The van der Waals surface area contributed by atoms with Crippen LogP contribution in [-0.4, -0.2) is 52.8 Å². The summed E-state index contributed by atoms with van der Waals surface area (Å²) in [6.07, 6.45) is 4.42. The van der Waals surface area contributed by atoms with Gasteiger partial charge in [0.15, 0.2) is 5.82 Å². The molecule has 5 heterocycles. The van der Waals surface area contributed by atoms with E-state index in [0.717, 1.165) is 25.1 Å². The van der Waals surface area contributed by atoms with Gasteiger partial charge in [-0.15, -0.1) is 22.6 Å². The smallest absolute Gasteiger partial charge is 0.366 e. The lowest BCUT2D eigenvalue weighted by Gasteiger charge is -2.35. The Labute approximate surface area is 227 Å². The second-order valence-electron chi connectivity index (χ2n) is 9.68. The van der Waals surface area contributed by atoms with Crippen LogP contribution < -0.4 is 20.4 Å². The predicted molar refractivity (Wildman–Crippen MR) is 143 cm³/mol. The number of urea groups is 1. The Hall–Kier alpha value is -4.73. The highest BCUT2D eigenvalue weighted by molar-refractivity contribution is 6.04. The molecule has 6 rings (SSSR count). The number of hydrogen-bond acceptors (Lipinski definition) is 8. The zero-order valence-electron chi connectivity index (χ0n) is 21.2. The number of fused-ring (bicyclic) bond motifs is 4. The summed E-state index contributed by atoms with van der Waals surface area (Å²) in [5.74, 6) is 3.77. The van der Waals surface area contributed by atoms with E-state index in [-0.39, 0.29) is 17.6 Å². The second-order valence-corrected chi connectivity index (χ2v) is 9.68. The number of benzene rings is 1. The molecule has 40 heavy (non-hydrogen) atoms. The number of terminal acetylenes is 1. The lowest BCUT2D eigenvalue weighted by molar-refractivity contribution is -0.166. The summed E-state index contributed by atoms with van der Waals surface area (Å²) in [7, 11) is 0. The summed E-state index contributed by atoms with van der Waals surface area (Å²) < 4.78 is 40.2. The van der Waals surface area contributed by atoms with Crippen molar-refractivity contribution < 1.29 is 18.0 Å². The minimum Gasteiger partial charge on any atom is -0.366 e. The van der Waals surface area contributed by atoms with Crippen molar-refractivity contribution >= 4 is 29.3 Å². The van der Waals surface area contributed by atoms with Crippen molar-refractivity contribution in [1.29, 1.82) is 0 Å². The molecule has 0 unspecified atom stereocenters. The number of unbranched alkanes of at least 4 members (excludes halogenated alkanes) is 1. The van der Waals surface area contributed by atoms with Crippen molar-refractivity contribution in [2.45, 2.75) is 37.1 Å². The van der Waals surface area contributed by atoms with Crippen LogP contribution in [0.4, 0.5) is 41.2 Å². The van der Waals surface area contributed by atoms with E-state index in [1.807, 2.05) is 6.07 Å². The fraction of sp³-hybridized carbons (Fsp3) is 0.333. The molecule has 0 spiro atoms. The number of alkyl halides is 3. The third-order valence-electron chi connectivity index (χ3n) is 7.12. The minimum absolute atomic E-state index is 0.0540. The van der Waals surface area contributed by atoms with Crippen LogP contribution in [0.2, 0.25) is 0 Å². The van der Waals surface area contributed by atoms with Crippen LogP contribution in [0.25, 0.3) is 11.3 Å². The molecule has 204 valence electrons. The molecule has 10 nitrogen and oxygen atoms in total. The molecule has 2 bridgehead atoms. The van der Waals surface area contributed by atoms with Gasteiger partial charge in [0.05, 0.1) is 17.4 Å². The van der Waals surface area contributed by atoms with Crippen LogP contribution in [-0.2, 0) is 5.66 Å². The van der Waals surface area contributed by atoms with Gasteiger partial charge >= 0.3 is 17.9 Å². The molecule has 2 amide bonds. The topological polar surface area (TPSA) is 111 Å². The molecule has 1 atom stereocenters. The number of nitrogens with one attached hydrogen (secondary N) is 2. The van der Waals surface area contributed by atoms with E-state index in [1.54, 1.807) is 35.4 Å². The van der Waals surface area contributed by atoms with E-state index in [2.05, 4.69) is 41.7 Å². The first kappa shape index (κ1) is 25.5. The van der Waals surface area contributed by atoms with Gasteiger partial charge in [0.1, 0.15) is 5.82 Å². The summed E-state index contributed by atoms with van der Waals surface area (Å²) in [6, 6.07) is 10.6. The summed E-state index contributed by atoms with van der Waals surface area (Å²) in [4.78, 5) is 30.7. The molecule has 0 aliphatic carbocycles. The monoisotopic (exact) mass is 547 g/mol. The Kier molecular flexibility index (Phi) is 6.25. The highest BCUT2D eigenvalue weighted by Gasteiger charge is 2.65. The summed E-state index contributed by atoms with van der Waals surface area (Å²) in [6.45, 7) is 2.06. The number of carbonyl (C=O) groups excluding carboxylic acids is 1. The number of anilines is 4. The lowest BCUT2D eigenvalue weighted by Crippen LogP contribution is -2.48. The fourth-order valence-electron chi connectivity index (χ4n) is 5.02. The summed E-state index contributed by atoms with van der Waals surface area (Å²) >= 11 is 0. The normalized spacial score (nSPS) is 18.2. The van der Waals surface area contributed by atoms with E-state index in [9.17, 15) is 18.0 Å². The highest BCUT2D eigenvalue weighted by Crippen LogP contribution is 2.52. The van der Waals surface area contributed by atoms with Crippen molar-refractivity contribution in [1.82, 2.24) is 15.0 Å². The number of hydrogen-bond donors (Lipinski definition) is 2. The molecule has 1 saturated heterocycles. The third kappa shape index (κ3) is 4.55. The van der Waals surface area contributed by atoms with E-state index in [4.69, 9.17) is 11.4 Å². The third-order valence-corrected chi connectivity index (χ3v) is 7.12. The van der Waals surface area contributed by atoms with Crippen molar-refractivity contribution in [3.63, 3.8) is 0 Å². The molecule has 0 saturated carbocycles. The molecule has 3 aliphatic heterocycles. The predicted octanol–water partition coefficient (Wildman–Crippen LogP) is 5.18. The second kappa shape index (κ2) is 9.78. The molecule has 1 aromatic carbocycles. The van der Waals surface area contributed by atoms with Crippen molar-refractivity contribution in [3.8, 4) is 23.6 Å². The quantitative estimate of drug-likeness (QED) is 0.312. The zero-order valence-corrected chi connectivity index (χ0v) is 21.2. The van der Waals surface area contributed by atoms with Crippen molar-refractivity contribution in [2.75, 3.05) is 40.1 Å². The van der Waals surface area contributed by atoms with Crippen molar-refractivity contribution in [2.24, 2.45) is 10.2 Å². The van der Waals surface area contributed by atoms with E-state index in [0.29, 0.717) is 48.4 Å². The maximum absolute atomic E-state index is 13.6. The first-order valence-corrected chi connectivity index (χ1v) is 12.8. The number of halogens is 3. The van der Waals surface area contributed by atoms with Crippen LogP contribution >= 0.6 is 0 Å². The molecular formula is C27H24F3N9O. The fourth-order valence-corrected chi connectivity index (χ4v) is 5.02. The van der Waals surface area contributed by atoms with Gasteiger partial charge in [-0.25, -0.2) is 14.8 Å². The summed E-state index contributed by atoms with van der Waals surface area (Å²) in [5, 5.41) is 12.5. The van der Waals surface area contributed by atoms with Crippen molar-refractivity contribution in [3.05, 3.63) is 54.2 Å². The molecule has 0 radical (unpaired) electrons. The number of amides is 2. The Morgan fingerprint density at radius 2 is 1.93 bits per heavy atom. The highest BCUT2D eigenvalue weighted by atomic mass is 19.4. The van der Waals surface area contributed by atoms with Gasteiger partial charge in [-0.3, -0.25) is 10.2 Å². The Bertz CT molecular complexity index is 1510. The van der Waals surface area contributed by atoms with Gasteiger partial charge in [0.25, 0.3) is 0 Å². The van der Waals surface area contributed by atoms with E-state index < -0.39 is 11.8 Å². The maximum Gasteiger partial charge on any atom is 0.442 e. The average molecular weight is 548 g/mol. The largest absolute Gasteiger partial charge is 0.442 e. The number of pyridine rings is 1. The minimum atomic E-state index is -4.59. The van der Waals surface area contributed by atoms with E-state index >= 15 is 0 Å². The molecule has 13 heteroatoms. The van der Waals surface area contributed by atoms with Crippen LogP contribution in [0.5, 0.6) is 0 Å².